The molecule has 0 aliphatic carbocycles. The number of guanidine groups is 1. The molecule has 1 unspecified atom stereocenters. The van der Waals surface area contributed by atoms with Crippen molar-refractivity contribution in [1.82, 2.24) is 10.6 Å². The van der Waals surface area contributed by atoms with E-state index in [-0.39, 0.29) is 17.9 Å². The molecule has 0 aromatic heterocycles. The highest BCUT2D eigenvalue weighted by Gasteiger charge is 2.33. The molecule has 1 aliphatic rings. The van der Waals surface area contributed by atoms with Crippen LogP contribution in [0.3, 0.4) is 0 Å². The summed E-state index contributed by atoms with van der Waals surface area (Å²) in [6.45, 7) is 5.92. The molecule has 9 heteroatoms. The normalized spacial score (nSPS) is 17.4. The highest BCUT2D eigenvalue weighted by molar-refractivity contribution is 5.79. The first-order chi connectivity index (χ1) is 13.9. The van der Waals surface area contributed by atoms with E-state index in [1.165, 1.54) is 19.2 Å². The number of methoxy groups -OCH3 is 1. The van der Waals surface area contributed by atoms with Gasteiger partial charge in [0.05, 0.1) is 32.4 Å². The molecule has 1 aliphatic heterocycles. The number of halogens is 3. The molecule has 1 aromatic rings. The van der Waals surface area contributed by atoms with Crippen molar-refractivity contribution >= 4 is 5.96 Å². The Morgan fingerprint density at radius 2 is 2.14 bits per heavy atom. The van der Waals surface area contributed by atoms with E-state index in [4.69, 9.17) is 14.2 Å². The fraction of sp³-hybridized carbons (Fsp3) is 0.650. The van der Waals surface area contributed by atoms with Gasteiger partial charge in [0.1, 0.15) is 5.75 Å². The molecule has 1 aromatic carbocycles. The predicted molar refractivity (Wildman–Crippen MR) is 105 cm³/mol. The molecule has 29 heavy (non-hydrogen) atoms. The van der Waals surface area contributed by atoms with Gasteiger partial charge >= 0.3 is 6.18 Å². The molecule has 164 valence electrons. The Morgan fingerprint density at radius 3 is 2.79 bits per heavy atom. The van der Waals surface area contributed by atoms with E-state index in [2.05, 4.69) is 15.6 Å². The van der Waals surface area contributed by atoms with E-state index >= 15 is 0 Å². The summed E-state index contributed by atoms with van der Waals surface area (Å²) in [5.74, 6) is 1.12. The van der Waals surface area contributed by atoms with Gasteiger partial charge < -0.3 is 24.8 Å². The van der Waals surface area contributed by atoms with Crippen molar-refractivity contribution in [2.24, 2.45) is 10.9 Å². The van der Waals surface area contributed by atoms with Crippen LogP contribution in [0.15, 0.2) is 23.2 Å². The first kappa shape index (κ1) is 23.3. The van der Waals surface area contributed by atoms with Gasteiger partial charge in [0, 0.05) is 32.2 Å². The third-order valence-electron chi connectivity index (χ3n) is 4.51. The highest BCUT2D eigenvalue weighted by atomic mass is 19.4. The third-order valence-corrected chi connectivity index (χ3v) is 4.51. The summed E-state index contributed by atoms with van der Waals surface area (Å²) in [6, 6.07) is 3.90. The Hall–Kier alpha value is -2.00. The lowest BCUT2D eigenvalue weighted by Gasteiger charge is -2.15. The van der Waals surface area contributed by atoms with E-state index in [9.17, 15) is 13.2 Å². The standard InChI is InChI=1S/C20H30F3N3O3/c1-3-24-19(25-8-4-9-28-13-15-7-10-29-14-15)26-12-16-5-6-17(27-2)11-18(16)20(21,22)23/h5-6,11,15H,3-4,7-10,12-14H2,1-2H3,(H2,24,25,26). The second kappa shape index (κ2) is 11.9. The van der Waals surface area contributed by atoms with Gasteiger partial charge in [-0.3, -0.25) is 0 Å². The smallest absolute Gasteiger partial charge is 0.416 e. The zero-order chi connectivity index (χ0) is 21.1. The van der Waals surface area contributed by atoms with Crippen LogP contribution >= 0.6 is 0 Å². The number of hydrogen-bond acceptors (Lipinski definition) is 4. The number of hydrogen-bond donors (Lipinski definition) is 2. The molecule has 2 N–H and O–H groups in total. The average molecular weight is 417 g/mol. The summed E-state index contributed by atoms with van der Waals surface area (Å²) in [7, 11) is 1.34. The van der Waals surface area contributed by atoms with E-state index in [1.54, 1.807) is 0 Å². The van der Waals surface area contributed by atoms with Crippen molar-refractivity contribution < 1.29 is 27.4 Å². The van der Waals surface area contributed by atoms with Crippen molar-refractivity contribution in [3.8, 4) is 5.75 Å². The molecular formula is C20H30F3N3O3. The van der Waals surface area contributed by atoms with Crippen LogP contribution in [0.4, 0.5) is 13.2 Å². The van der Waals surface area contributed by atoms with Gasteiger partial charge in [0.2, 0.25) is 0 Å². The Balaban J connectivity index is 1.84. The largest absolute Gasteiger partial charge is 0.497 e. The molecule has 1 fully saturated rings. The van der Waals surface area contributed by atoms with E-state index in [1.807, 2.05) is 6.92 Å². The summed E-state index contributed by atoms with van der Waals surface area (Å²) >= 11 is 0. The summed E-state index contributed by atoms with van der Waals surface area (Å²) in [5.41, 5.74) is -0.640. The molecule has 1 heterocycles. The van der Waals surface area contributed by atoms with Crippen LogP contribution in [-0.2, 0) is 22.2 Å². The SMILES string of the molecule is CCNC(=NCc1ccc(OC)cc1C(F)(F)F)NCCCOCC1CCOC1. The number of nitrogens with zero attached hydrogens (tertiary/aromatic N) is 1. The minimum absolute atomic E-state index is 0.0909. The second-order valence-corrected chi connectivity index (χ2v) is 6.80. The van der Waals surface area contributed by atoms with Crippen LogP contribution in [0.2, 0.25) is 0 Å². The molecule has 0 spiro atoms. The zero-order valence-electron chi connectivity index (χ0n) is 17.0. The minimum Gasteiger partial charge on any atom is -0.497 e. The molecule has 1 saturated heterocycles. The van der Waals surface area contributed by atoms with Crippen LogP contribution in [0.25, 0.3) is 0 Å². The van der Waals surface area contributed by atoms with Gasteiger partial charge in [-0.25, -0.2) is 4.99 Å². The number of ether oxygens (including phenoxy) is 3. The third kappa shape index (κ3) is 8.10. The highest BCUT2D eigenvalue weighted by Crippen LogP contribution is 2.34. The summed E-state index contributed by atoms with van der Waals surface area (Å²) in [5, 5.41) is 6.17. The molecule has 0 bridgehead atoms. The maximum Gasteiger partial charge on any atom is 0.416 e. The van der Waals surface area contributed by atoms with Gasteiger partial charge in [-0.1, -0.05) is 6.07 Å². The van der Waals surface area contributed by atoms with E-state index < -0.39 is 11.7 Å². The molecule has 6 nitrogen and oxygen atoms in total. The molecule has 1 atom stereocenters. The van der Waals surface area contributed by atoms with Gasteiger partial charge in [-0.05, 0) is 37.5 Å². The molecule has 2 rings (SSSR count). The van der Waals surface area contributed by atoms with Crippen LogP contribution in [0.5, 0.6) is 5.75 Å². The minimum atomic E-state index is -4.47. The van der Waals surface area contributed by atoms with Crippen molar-refractivity contribution in [1.29, 1.82) is 0 Å². The summed E-state index contributed by atoms with van der Waals surface area (Å²) < 4.78 is 55.8. The number of benzene rings is 1. The first-order valence-electron chi connectivity index (χ1n) is 9.85. The Morgan fingerprint density at radius 1 is 1.31 bits per heavy atom. The van der Waals surface area contributed by atoms with Crippen LogP contribution in [0.1, 0.15) is 30.9 Å². The monoisotopic (exact) mass is 417 g/mol. The lowest BCUT2D eigenvalue weighted by atomic mass is 10.1. The fourth-order valence-electron chi connectivity index (χ4n) is 2.94. The zero-order valence-corrected chi connectivity index (χ0v) is 17.0. The quantitative estimate of drug-likeness (QED) is 0.348. The van der Waals surface area contributed by atoms with Crippen LogP contribution < -0.4 is 15.4 Å². The van der Waals surface area contributed by atoms with Crippen LogP contribution in [0, 0.1) is 5.92 Å². The average Bonchev–Trinajstić information content (AvgIpc) is 3.21. The second-order valence-electron chi connectivity index (χ2n) is 6.80. The van der Waals surface area contributed by atoms with Crippen molar-refractivity contribution in [2.75, 3.05) is 46.6 Å². The van der Waals surface area contributed by atoms with Crippen molar-refractivity contribution in [2.45, 2.75) is 32.5 Å². The maximum atomic E-state index is 13.3. The van der Waals surface area contributed by atoms with Gasteiger partial charge in [-0.2, -0.15) is 13.2 Å². The van der Waals surface area contributed by atoms with E-state index in [0.29, 0.717) is 38.2 Å². The summed E-state index contributed by atoms with van der Waals surface area (Å²) in [4.78, 5) is 4.29. The first-order valence-corrected chi connectivity index (χ1v) is 9.85. The fourth-order valence-corrected chi connectivity index (χ4v) is 2.94. The Bertz CT molecular complexity index is 648. The molecule has 0 radical (unpaired) electrons. The van der Waals surface area contributed by atoms with Crippen molar-refractivity contribution in [3.05, 3.63) is 29.3 Å². The molecule has 0 saturated carbocycles. The van der Waals surface area contributed by atoms with Crippen LogP contribution in [-0.4, -0.2) is 52.6 Å². The van der Waals surface area contributed by atoms with Gasteiger partial charge in [0.15, 0.2) is 5.96 Å². The molecular weight excluding hydrogens is 387 g/mol. The number of nitrogens with one attached hydrogen (secondary N) is 2. The molecule has 0 amide bonds. The Labute approximate surface area is 169 Å². The number of rotatable bonds is 10. The lowest BCUT2D eigenvalue weighted by molar-refractivity contribution is -0.138. The number of alkyl halides is 3. The summed E-state index contributed by atoms with van der Waals surface area (Å²) in [6.07, 6.45) is -2.65. The van der Waals surface area contributed by atoms with Gasteiger partial charge in [0.25, 0.3) is 0 Å². The topological polar surface area (TPSA) is 64.1 Å². The van der Waals surface area contributed by atoms with E-state index in [0.717, 1.165) is 32.1 Å². The number of aliphatic imine (C=N–C) groups is 1. The lowest BCUT2D eigenvalue weighted by Crippen LogP contribution is -2.38. The van der Waals surface area contributed by atoms with Crippen molar-refractivity contribution in [3.63, 3.8) is 0 Å². The maximum absolute atomic E-state index is 13.3. The van der Waals surface area contributed by atoms with Gasteiger partial charge in [-0.15, -0.1) is 0 Å². The Kier molecular flexibility index (Phi) is 9.53. The predicted octanol–water partition coefficient (Wildman–Crippen LogP) is 3.21.